The van der Waals surface area contributed by atoms with Crippen LogP contribution in [0.4, 0.5) is 10.1 Å². The van der Waals surface area contributed by atoms with Gasteiger partial charge in [0.1, 0.15) is 23.2 Å². The molecule has 2 N–H and O–H groups in total. The van der Waals surface area contributed by atoms with Crippen molar-refractivity contribution in [3.05, 3.63) is 65.5 Å². The molecule has 104 valence electrons. The summed E-state index contributed by atoms with van der Waals surface area (Å²) in [6, 6.07) is 13.3. The van der Waals surface area contributed by atoms with Gasteiger partial charge in [-0.25, -0.2) is 4.39 Å². The van der Waals surface area contributed by atoms with Crippen LogP contribution in [0.1, 0.15) is 5.56 Å². The van der Waals surface area contributed by atoms with Gasteiger partial charge in [-0.05, 0) is 36.4 Å². The van der Waals surface area contributed by atoms with Crippen molar-refractivity contribution in [1.29, 1.82) is 5.26 Å². The number of carbonyl (C=O) groups is 1. The largest absolute Gasteiger partial charge is 0.507 e. The first kappa shape index (κ1) is 14.3. The fourth-order valence-electron chi connectivity index (χ4n) is 1.65. The maximum Gasteiger partial charge on any atom is 0.266 e. The third-order valence-corrected chi connectivity index (χ3v) is 2.70. The van der Waals surface area contributed by atoms with Gasteiger partial charge in [0.15, 0.2) is 0 Å². The molecule has 1 amide bonds. The van der Waals surface area contributed by atoms with Crippen molar-refractivity contribution in [2.24, 2.45) is 0 Å². The smallest absolute Gasteiger partial charge is 0.266 e. The highest BCUT2D eigenvalue weighted by Gasteiger charge is 2.10. The predicted octanol–water partition coefficient (Wildman–Crippen LogP) is 3.08. The fourth-order valence-corrected chi connectivity index (χ4v) is 1.65. The number of benzene rings is 2. The summed E-state index contributed by atoms with van der Waals surface area (Å²) in [7, 11) is 0. The van der Waals surface area contributed by atoms with E-state index in [4.69, 9.17) is 5.26 Å². The second-order valence-corrected chi connectivity index (χ2v) is 4.19. The Hall–Kier alpha value is -3.13. The number of hydrogen-bond acceptors (Lipinski definition) is 3. The number of nitriles is 1. The molecule has 21 heavy (non-hydrogen) atoms. The van der Waals surface area contributed by atoms with E-state index in [0.29, 0.717) is 11.3 Å². The molecule has 0 bridgehead atoms. The summed E-state index contributed by atoms with van der Waals surface area (Å²) >= 11 is 0. The molecule has 2 rings (SSSR count). The molecule has 4 nitrogen and oxygen atoms in total. The average molecular weight is 282 g/mol. The molecule has 2 aromatic carbocycles. The highest BCUT2D eigenvalue weighted by molar-refractivity contribution is 6.09. The minimum Gasteiger partial charge on any atom is -0.507 e. The van der Waals surface area contributed by atoms with Crippen molar-refractivity contribution in [2.75, 3.05) is 5.32 Å². The van der Waals surface area contributed by atoms with E-state index in [9.17, 15) is 14.3 Å². The minimum absolute atomic E-state index is 0.0279. The van der Waals surface area contributed by atoms with Crippen molar-refractivity contribution in [3.8, 4) is 11.8 Å². The maximum absolute atomic E-state index is 12.8. The summed E-state index contributed by atoms with van der Waals surface area (Å²) in [5.74, 6) is -1.08. The number of phenols is 1. The standard InChI is InChI=1S/C16H11FN2O2/c17-13-5-7-14(8-6-13)19-16(21)12(10-18)9-11-3-1-2-4-15(11)20/h1-9,20H,(H,19,21)/b12-9-. The SMILES string of the molecule is N#C/C(=C/c1ccccc1O)C(=O)Nc1ccc(F)cc1. The molecule has 0 aliphatic heterocycles. The van der Waals surface area contributed by atoms with Gasteiger partial charge < -0.3 is 10.4 Å². The van der Waals surface area contributed by atoms with Crippen LogP contribution in [0.5, 0.6) is 5.75 Å². The Kier molecular flexibility index (Phi) is 4.32. The normalized spacial score (nSPS) is 10.8. The molecule has 0 heterocycles. The van der Waals surface area contributed by atoms with Gasteiger partial charge in [0.05, 0.1) is 0 Å². The Morgan fingerprint density at radius 2 is 1.86 bits per heavy atom. The quantitative estimate of drug-likeness (QED) is 0.671. The van der Waals surface area contributed by atoms with Gasteiger partial charge in [-0.15, -0.1) is 0 Å². The number of amides is 1. The van der Waals surface area contributed by atoms with Crippen LogP contribution in [0, 0.1) is 17.1 Å². The number of para-hydroxylation sites is 1. The molecule has 5 heteroatoms. The van der Waals surface area contributed by atoms with Crippen LogP contribution in [0.3, 0.4) is 0 Å². The molecule has 0 radical (unpaired) electrons. The zero-order chi connectivity index (χ0) is 15.2. The first-order valence-corrected chi connectivity index (χ1v) is 6.07. The van der Waals surface area contributed by atoms with Gasteiger partial charge in [-0.2, -0.15) is 5.26 Å². The first-order chi connectivity index (χ1) is 10.1. The summed E-state index contributed by atoms with van der Waals surface area (Å²) in [6.07, 6.45) is 1.29. The van der Waals surface area contributed by atoms with Gasteiger partial charge in [-0.1, -0.05) is 18.2 Å². The second-order valence-electron chi connectivity index (χ2n) is 4.19. The van der Waals surface area contributed by atoms with Gasteiger partial charge in [-0.3, -0.25) is 4.79 Å². The van der Waals surface area contributed by atoms with E-state index in [0.717, 1.165) is 0 Å². The number of phenolic OH excluding ortho intramolecular Hbond substituents is 1. The predicted molar refractivity (Wildman–Crippen MR) is 76.7 cm³/mol. The average Bonchev–Trinajstić information content (AvgIpc) is 2.48. The third-order valence-electron chi connectivity index (χ3n) is 2.70. The Morgan fingerprint density at radius 1 is 1.19 bits per heavy atom. The van der Waals surface area contributed by atoms with E-state index in [1.807, 2.05) is 0 Å². The lowest BCUT2D eigenvalue weighted by Gasteiger charge is -2.04. The molecule has 0 aromatic heterocycles. The minimum atomic E-state index is -0.632. The summed E-state index contributed by atoms with van der Waals surface area (Å²) in [4.78, 5) is 12.0. The number of hydrogen-bond donors (Lipinski definition) is 2. The first-order valence-electron chi connectivity index (χ1n) is 6.07. The lowest BCUT2D eigenvalue weighted by Crippen LogP contribution is -2.13. The Morgan fingerprint density at radius 3 is 2.48 bits per heavy atom. The number of nitrogens with one attached hydrogen (secondary N) is 1. The van der Waals surface area contributed by atoms with Crippen molar-refractivity contribution in [2.45, 2.75) is 0 Å². The lowest BCUT2D eigenvalue weighted by molar-refractivity contribution is -0.112. The van der Waals surface area contributed by atoms with E-state index in [-0.39, 0.29) is 11.3 Å². The molecule has 0 fully saturated rings. The number of anilines is 1. The number of rotatable bonds is 3. The molecule has 0 atom stereocenters. The van der Waals surface area contributed by atoms with Crippen LogP contribution in [0.25, 0.3) is 6.08 Å². The summed E-state index contributed by atoms with van der Waals surface area (Å²) in [6.45, 7) is 0. The van der Waals surface area contributed by atoms with Crippen molar-refractivity contribution < 1.29 is 14.3 Å². The van der Waals surface area contributed by atoms with Crippen molar-refractivity contribution in [1.82, 2.24) is 0 Å². The molecule has 0 spiro atoms. The lowest BCUT2D eigenvalue weighted by atomic mass is 10.1. The van der Waals surface area contributed by atoms with Gasteiger partial charge in [0.2, 0.25) is 0 Å². The molecule has 0 aliphatic carbocycles. The topological polar surface area (TPSA) is 73.1 Å². The molecule has 0 aliphatic rings. The maximum atomic E-state index is 12.8. The highest BCUT2D eigenvalue weighted by atomic mass is 19.1. The van der Waals surface area contributed by atoms with E-state index >= 15 is 0 Å². The molecular weight excluding hydrogens is 271 g/mol. The molecule has 0 saturated carbocycles. The van der Waals surface area contributed by atoms with E-state index in [1.54, 1.807) is 24.3 Å². The van der Waals surface area contributed by atoms with E-state index in [2.05, 4.69) is 5.32 Å². The van der Waals surface area contributed by atoms with Gasteiger partial charge >= 0.3 is 0 Å². The van der Waals surface area contributed by atoms with Crippen LogP contribution >= 0.6 is 0 Å². The van der Waals surface area contributed by atoms with E-state index in [1.165, 1.54) is 36.4 Å². The molecule has 2 aromatic rings. The second kappa shape index (κ2) is 6.35. The number of nitrogens with zero attached hydrogens (tertiary/aromatic N) is 1. The third kappa shape index (κ3) is 3.67. The van der Waals surface area contributed by atoms with E-state index < -0.39 is 11.7 Å². The zero-order valence-electron chi connectivity index (χ0n) is 10.9. The zero-order valence-corrected chi connectivity index (χ0v) is 10.9. The molecule has 0 saturated heterocycles. The van der Waals surface area contributed by atoms with Gasteiger partial charge in [0, 0.05) is 11.3 Å². The van der Waals surface area contributed by atoms with Crippen LogP contribution in [0.2, 0.25) is 0 Å². The van der Waals surface area contributed by atoms with Crippen LogP contribution in [0.15, 0.2) is 54.1 Å². The Labute approximate surface area is 120 Å². The van der Waals surface area contributed by atoms with Crippen molar-refractivity contribution >= 4 is 17.7 Å². The number of halogens is 1. The number of carbonyl (C=O) groups excluding carboxylic acids is 1. The molecule has 0 unspecified atom stereocenters. The van der Waals surface area contributed by atoms with Gasteiger partial charge in [0.25, 0.3) is 5.91 Å². The Balaban J connectivity index is 2.22. The van der Waals surface area contributed by atoms with Crippen LogP contribution in [-0.4, -0.2) is 11.0 Å². The fraction of sp³-hybridized carbons (Fsp3) is 0. The summed E-state index contributed by atoms with van der Waals surface area (Å²) in [5, 5.41) is 21.2. The Bertz CT molecular complexity index is 731. The highest BCUT2D eigenvalue weighted by Crippen LogP contribution is 2.19. The summed E-state index contributed by atoms with van der Waals surface area (Å²) < 4.78 is 12.8. The van der Waals surface area contributed by atoms with Crippen molar-refractivity contribution in [3.63, 3.8) is 0 Å². The van der Waals surface area contributed by atoms with Crippen LogP contribution in [-0.2, 0) is 4.79 Å². The number of aromatic hydroxyl groups is 1. The van der Waals surface area contributed by atoms with Crippen LogP contribution < -0.4 is 5.32 Å². The summed E-state index contributed by atoms with van der Waals surface area (Å²) in [5.41, 5.74) is 0.573. The molecular formula is C16H11FN2O2. The monoisotopic (exact) mass is 282 g/mol.